The highest BCUT2D eigenvalue weighted by Gasteiger charge is 2.42. The zero-order valence-corrected chi connectivity index (χ0v) is 12.1. The monoisotopic (exact) mass is 222 g/mol. The zero-order valence-electron chi connectivity index (χ0n) is 11.0. The summed E-state index contributed by atoms with van der Waals surface area (Å²) >= 11 is 0. The lowest BCUT2D eigenvalue weighted by Crippen LogP contribution is -2.38. The van der Waals surface area contributed by atoms with Gasteiger partial charge in [-0.05, 0) is 23.3 Å². The molecule has 0 N–H and O–H groups in total. The Morgan fingerprint density at radius 1 is 1.00 bits per heavy atom. The summed E-state index contributed by atoms with van der Waals surface area (Å²) in [6.45, 7) is 12.0. The van der Waals surface area contributed by atoms with E-state index in [0.29, 0.717) is 5.04 Å². The molecule has 0 fully saturated rings. The van der Waals surface area contributed by atoms with Crippen LogP contribution in [0.15, 0.2) is 23.6 Å². The molecule has 0 unspecified atom stereocenters. The fourth-order valence-electron chi connectivity index (χ4n) is 3.40. The van der Waals surface area contributed by atoms with E-state index in [9.17, 15) is 0 Å². The first-order valence-electron chi connectivity index (χ1n) is 6.40. The molecule has 0 aliphatic carbocycles. The third kappa shape index (κ3) is 2.28. The van der Waals surface area contributed by atoms with E-state index >= 15 is 0 Å². The van der Waals surface area contributed by atoms with Gasteiger partial charge >= 0.3 is 0 Å². The summed E-state index contributed by atoms with van der Waals surface area (Å²) in [6, 6.07) is 0. The van der Waals surface area contributed by atoms with Crippen LogP contribution in [0.1, 0.15) is 47.5 Å². The Kier molecular flexibility index (Phi) is 4.39. The number of allylic oxidation sites excluding steroid dienone is 2. The first-order chi connectivity index (χ1) is 7.05. The SMILES string of the molecule is CCCC(C(C)C)(C(C)C)[SiH]1C=CC=C1. The summed E-state index contributed by atoms with van der Waals surface area (Å²) in [4.78, 5) is 0. The third-order valence-corrected chi connectivity index (χ3v) is 8.34. The molecule has 0 radical (unpaired) electrons. The summed E-state index contributed by atoms with van der Waals surface area (Å²) in [5.41, 5.74) is 5.05. The van der Waals surface area contributed by atoms with E-state index in [1.165, 1.54) is 12.8 Å². The van der Waals surface area contributed by atoms with Gasteiger partial charge in [-0.2, -0.15) is 0 Å². The number of hydrogen-bond donors (Lipinski definition) is 0. The van der Waals surface area contributed by atoms with Crippen LogP contribution in [0.2, 0.25) is 5.04 Å². The Morgan fingerprint density at radius 2 is 1.47 bits per heavy atom. The fourth-order valence-corrected chi connectivity index (χ4v) is 7.15. The van der Waals surface area contributed by atoms with Crippen molar-refractivity contribution in [2.24, 2.45) is 11.8 Å². The smallest absolute Gasteiger partial charge is 0.0917 e. The van der Waals surface area contributed by atoms with Crippen LogP contribution in [0.5, 0.6) is 0 Å². The van der Waals surface area contributed by atoms with Crippen molar-refractivity contribution in [3.05, 3.63) is 23.6 Å². The van der Waals surface area contributed by atoms with Crippen molar-refractivity contribution in [1.29, 1.82) is 0 Å². The van der Waals surface area contributed by atoms with Gasteiger partial charge in [-0.3, -0.25) is 0 Å². The molecule has 0 aromatic heterocycles. The lowest BCUT2D eigenvalue weighted by Gasteiger charge is -2.44. The van der Waals surface area contributed by atoms with E-state index in [2.05, 4.69) is 58.2 Å². The molecule has 0 atom stereocenters. The van der Waals surface area contributed by atoms with Crippen molar-refractivity contribution in [3.63, 3.8) is 0 Å². The first-order valence-corrected chi connectivity index (χ1v) is 8.31. The Balaban J connectivity index is 3.01. The lowest BCUT2D eigenvalue weighted by molar-refractivity contribution is 0.284. The molecule has 0 aromatic carbocycles. The van der Waals surface area contributed by atoms with Gasteiger partial charge in [0.15, 0.2) is 0 Å². The molecular weight excluding hydrogens is 196 g/mol. The lowest BCUT2D eigenvalue weighted by atomic mass is 9.81. The minimum Gasteiger partial charge on any atom is -0.0930 e. The van der Waals surface area contributed by atoms with Crippen LogP contribution in [0.3, 0.4) is 0 Å². The Hall–Kier alpha value is -0.303. The zero-order chi connectivity index (χ0) is 11.5. The quantitative estimate of drug-likeness (QED) is 0.609. The molecule has 0 bridgehead atoms. The predicted octanol–water partition coefficient (Wildman–Crippen LogP) is 4.27. The molecule has 0 saturated heterocycles. The van der Waals surface area contributed by atoms with E-state index in [0.717, 1.165) is 11.8 Å². The van der Waals surface area contributed by atoms with Crippen molar-refractivity contribution in [3.8, 4) is 0 Å². The molecule has 0 saturated carbocycles. The van der Waals surface area contributed by atoms with Crippen LogP contribution in [0.25, 0.3) is 0 Å². The summed E-state index contributed by atoms with van der Waals surface area (Å²) in [7, 11) is -0.826. The van der Waals surface area contributed by atoms with E-state index in [1.54, 1.807) is 0 Å². The average Bonchev–Trinajstić information content (AvgIpc) is 2.65. The van der Waals surface area contributed by atoms with Gasteiger partial charge in [-0.25, -0.2) is 0 Å². The average molecular weight is 222 g/mol. The molecule has 1 heterocycles. The Labute approximate surface area is 97.1 Å². The second kappa shape index (κ2) is 5.15. The highest BCUT2D eigenvalue weighted by Crippen LogP contribution is 2.51. The molecule has 15 heavy (non-hydrogen) atoms. The van der Waals surface area contributed by atoms with Gasteiger partial charge in [0.25, 0.3) is 0 Å². The second-order valence-electron chi connectivity index (χ2n) is 5.47. The van der Waals surface area contributed by atoms with Gasteiger partial charge in [-0.1, -0.05) is 64.6 Å². The second-order valence-corrected chi connectivity index (χ2v) is 8.36. The molecule has 0 amide bonds. The fraction of sp³-hybridized carbons (Fsp3) is 0.714. The highest BCUT2D eigenvalue weighted by molar-refractivity contribution is 6.73. The highest BCUT2D eigenvalue weighted by atomic mass is 28.3. The minimum atomic E-state index is -0.826. The molecule has 0 spiro atoms. The van der Waals surface area contributed by atoms with Crippen LogP contribution in [-0.4, -0.2) is 8.80 Å². The number of hydrogen-bond acceptors (Lipinski definition) is 0. The minimum absolute atomic E-state index is 0.595. The van der Waals surface area contributed by atoms with Gasteiger partial charge in [0.1, 0.15) is 0 Å². The van der Waals surface area contributed by atoms with Gasteiger partial charge in [0, 0.05) is 0 Å². The molecule has 1 heteroatoms. The molecule has 86 valence electrons. The summed E-state index contributed by atoms with van der Waals surface area (Å²) in [6.07, 6.45) is 7.26. The summed E-state index contributed by atoms with van der Waals surface area (Å²) in [5.74, 6) is 1.61. The van der Waals surface area contributed by atoms with E-state index in [1.807, 2.05) is 0 Å². The summed E-state index contributed by atoms with van der Waals surface area (Å²) < 4.78 is 0. The molecule has 1 rings (SSSR count). The normalized spacial score (nSPS) is 17.3. The maximum Gasteiger partial charge on any atom is 0.0917 e. The van der Waals surface area contributed by atoms with Gasteiger partial charge < -0.3 is 0 Å². The van der Waals surface area contributed by atoms with E-state index in [-0.39, 0.29) is 0 Å². The van der Waals surface area contributed by atoms with Gasteiger partial charge in [0.2, 0.25) is 0 Å². The van der Waals surface area contributed by atoms with Crippen LogP contribution in [-0.2, 0) is 0 Å². The van der Waals surface area contributed by atoms with Crippen LogP contribution < -0.4 is 0 Å². The molecule has 1 aliphatic heterocycles. The van der Waals surface area contributed by atoms with Gasteiger partial charge in [0.05, 0.1) is 8.80 Å². The van der Waals surface area contributed by atoms with Crippen molar-refractivity contribution in [1.82, 2.24) is 0 Å². The predicted molar refractivity (Wildman–Crippen MR) is 72.7 cm³/mol. The molecule has 0 aromatic rings. The van der Waals surface area contributed by atoms with E-state index < -0.39 is 8.80 Å². The molecule has 0 nitrogen and oxygen atoms in total. The Bertz CT molecular complexity index is 228. The van der Waals surface area contributed by atoms with Crippen LogP contribution >= 0.6 is 0 Å². The standard InChI is InChI=1S/C14H26Si/c1-6-9-14(12(2)3,13(4)5)15-10-7-8-11-15/h7-8,10-13,15H,6,9H2,1-5H3. The maximum atomic E-state index is 2.52. The Morgan fingerprint density at radius 3 is 1.80 bits per heavy atom. The first kappa shape index (κ1) is 12.8. The van der Waals surface area contributed by atoms with Crippen molar-refractivity contribution >= 4 is 8.80 Å². The van der Waals surface area contributed by atoms with Crippen molar-refractivity contribution in [2.75, 3.05) is 0 Å². The maximum absolute atomic E-state index is 2.52. The van der Waals surface area contributed by atoms with E-state index in [4.69, 9.17) is 0 Å². The topological polar surface area (TPSA) is 0 Å². The molecular formula is C14H26Si. The van der Waals surface area contributed by atoms with Crippen molar-refractivity contribution < 1.29 is 0 Å². The number of rotatable bonds is 5. The van der Waals surface area contributed by atoms with Gasteiger partial charge in [-0.15, -0.1) is 0 Å². The molecule has 1 aliphatic rings. The van der Waals surface area contributed by atoms with Crippen LogP contribution in [0.4, 0.5) is 0 Å². The van der Waals surface area contributed by atoms with Crippen LogP contribution in [0, 0.1) is 11.8 Å². The summed E-state index contributed by atoms with van der Waals surface area (Å²) in [5, 5.41) is 0.595. The van der Waals surface area contributed by atoms with Crippen molar-refractivity contribution in [2.45, 2.75) is 52.5 Å². The largest absolute Gasteiger partial charge is 0.0930 e. The third-order valence-electron chi connectivity index (χ3n) is 4.20.